The van der Waals surface area contributed by atoms with Crippen LogP contribution in [-0.4, -0.2) is 20.7 Å². The van der Waals surface area contributed by atoms with E-state index in [4.69, 9.17) is 11.6 Å². The second-order valence-corrected chi connectivity index (χ2v) is 9.15. The monoisotopic (exact) mass is 428 g/mol. The summed E-state index contributed by atoms with van der Waals surface area (Å²) >= 11 is 6.19. The van der Waals surface area contributed by atoms with E-state index in [1.807, 2.05) is 31.2 Å². The average molecular weight is 429 g/mol. The van der Waals surface area contributed by atoms with E-state index < -0.39 is 0 Å². The van der Waals surface area contributed by atoms with Crippen LogP contribution in [0.4, 0.5) is 5.69 Å². The number of nitrogens with one attached hydrogen (secondary N) is 1. The number of aryl methyl sites for hydroxylation is 1. The van der Waals surface area contributed by atoms with Gasteiger partial charge in [0.1, 0.15) is 11.6 Å². The third-order valence-corrected chi connectivity index (χ3v) is 6.09. The minimum Gasteiger partial charge on any atom is -0.326 e. The van der Waals surface area contributed by atoms with Gasteiger partial charge in [-0.1, -0.05) is 44.0 Å². The first-order valence-corrected chi connectivity index (χ1v) is 11.4. The first-order valence-electron chi connectivity index (χ1n) is 11.0. The molecule has 1 saturated carbocycles. The summed E-state index contributed by atoms with van der Waals surface area (Å²) in [5.74, 6) is 2.60. The molecule has 0 radical (unpaired) electrons. The van der Waals surface area contributed by atoms with Gasteiger partial charge in [-0.05, 0) is 56.2 Å². The number of carbonyl (C=O) groups is 1. The van der Waals surface area contributed by atoms with E-state index in [1.54, 1.807) is 0 Å². The smallest absolute Gasteiger partial charge is 0.225 e. The van der Waals surface area contributed by atoms with Crippen molar-refractivity contribution in [3.8, 4) is 0 Å². The molecular formula is C24H33ClN4O. The van der Waals surface area contributed by atoms with Crippen LogP contribution < -0.4 is 5.32 Å². The number of amides is 1. The lowest BCUT2D eigenvalue weighted by molar-refractivity contribution is -0.116. The fraction of sp³-hybridized carbons (Fsp3) is 0.542. The molecule has 5 nitrogen and oxygen atoms in total. The summed E-state index contributed by atoms with van der Waals surface area (Å²) in [7, 11) is 0. The molecule has 1 fully saturated rings. The van der Waals surface area contributed by atoms with E-state index in [0.29, 0.717) is 29.8 Å². The highest BCUT2D eigenvalue weighted by molar-refractivity contribution is 6.31. The van der Waals surface area contributed by atoms with E-state index in [1.165, 1.54) is 6.42 Å². The maximum atomic E-state index is 12.8. The average Bonchev–Trinajstić information content (AvgIpc) is 3.44. The van der Waals surface area contributed by atoms with Crippen molar-refractivity contribution in [1.29, 1.82) is 0 Å². The highest BCUT2D eigenvalue weighted by Crippen LogP contribution is 2.39. The molecule has 30 heavy (non-hydrogen) atoms. The zero-order valence-corrected chi connectivity index (χ0v) is 19.1. The number of benzene rings is 1. The highest BCUT2D eigenvalue weighted by Gasteiger charge is 2.32. The molecule has 1 aromatic carbocycles. The standard InChI is InChI=1S/C24H33ClN4O/c1-5-8-18(15-23(30)26-21-11-7-10-20(25)17(21)4)24-28-27-22(12-6-9-16(2)3)29(24)19-13-14-19/h5,7,10-11,16,18-19H,1,6,8-9,12-15H2,2-4H3,(H,26,30). The molecule has 3 rings (SSSR count). The quantitative estimate of drug-likeness (QED) is 0.431. The summed E-state index contributed by atoms with van der Waals surface area (Å²) < 4.78 is 2.31. The number of carbonyl (C=O) groups excluding carboxylic acids is 1. The van der Waals surface area contributed by atoms with E-state index in [9.17, 15) is 4.79 Å². The number of hydrogen-bond donors (Lipinski definition) is 1. The van der Waals surface area contributed by atoms with E-state index in [-0.39, 0.29) is 11.8 Å². The third kappa shape index (κ3) is 5.72. The molecule has 1 aliphatic rings. The van der Waals surface area contributed by atoms with Gasteiger partial charge in [-0.2, -0.15) is 0 Å². The minimum atomic E-state index is -0.0427. The largest absolute Gasteiger partial charge is 0.326 e. The Hall–Kier alpha value is -2.14. The number of halogens is 1. The van der Waals surface area contributed by atoms with Crippen molar-refractivity contribution in [3.63, 3.8) is 0 Å². The first-order chi connectivity index (χ1) is 14.4. The third-order valence-electron chi connectivity index (χ3n) is 5.68. The van der Waals surface area contributed by atoms with Crippen LogP contribution in [0.2, 0.25) is 5.02 Å². The molecule has 1 aliphatic carbocycles. The maximum absolute atomic E-state index is 12.8. The number of anilines is 1. The topological polar surface area (TPSA) is 59.8 Å². The summed E-state index contributed by atoms with van der Waals surface area (Å²) in [6, 6.07) is 6.03. The van der Waals surface area contributed by atoms with Gasteiger partial charge in [-0.3, -0.25) is 4.79 Å². The minimum absolute atomic E-state index is 0.0334. The molecule has 1 unspecified atom stereocenters. The Kier molecular flexibility index (Phi) is 7.70. The SMILES string of the molecule is C=CCC(CC(=O)Nc1cccc(Cl)c1C)c1nnc(CCCC(C)C)n1C1CC1. The van der Waals surface area contributed by atoms with E-state index in [0.717, 1.165) is 48.6 Å². The summed E-state index contributed by atoms with van der Waals surface area (Å²) in [6.07, 6.45) is 8.47. The molecule has 1 atom stereocenters. The second-order valence-electron chi connectivity index (χ2n) is 8.75. The van der Waals surface area contributed by atoms with Crippen LogP contribution in [0.1, 0.15) is 81.5 Å². The van der Waals surface area contributed by atoms with Gasteiger partial charge in [-0.25, -0.2) is 0 Å². The Labute approximate surface area is 184 Å². The van der Waals surface area contributed by atoms with Crippen LogP contribution in [0.5, 0.6) is 0 Å². The molecule has 2 aromatic rings. The lowest BCUT2D eigenvalue weighted by Crippen LogP contribution is -2.19. The van der Waals surface area contributed by atoms with Crippen LogP contribution in [-0.2, 0) is 11.2 Å². The van der Waals surface area contributed by atoms with Crippen molar-refractivity contribution in [1.82, 2.24) is 14.8 Å². The number of hydrogen-bond acceptors (Lipinski definition) is 3. The first kappa shape index (κ1) is 22.5. The van der Waals surface area contributed by atoms with Gasteiger partial charge in [0.15, 0.2) is 0 Å². The van der Waals surface area contributed by atoms with Gasteiger partial charge in [0.25, 0.3) is 0 Å². The Bertz CT molecular complexity index is 885. The molecule has 162 valence electrons. The molecule has 1 heterocycles. The molecule has 0 spiro atoms. The summed E-state index contributed by atoms with van der Waals surface area (Å²) in [5.41, 5.74) is 1.63. The fourth-order valence-electron chi connectivity index (χ4n) is 3.83. The van der Waals surface area contributed by atoms with Crippen LogP contribution in [0.15, 0.2) is 30.9 Å². The van der Waals surface area contributed by atoms with Crippen LogP contribution in [0.25, 0.3) is 0 Å². The molecule has 0 bridgehead atoms. The predicted octanol–water partition coefficient (Wildman–Crippen LogP) is 6.24. The number of aromatic nitrogens is 3. The van der Waals surface area contributed by atoms with Crippen molar-refractivity contribution < 1.29 is 4.79 Å². The Balaban J connectivity index is 1.75. The fourth-order valence-corrected chi connectivity index (χ4v) is 4.01. The lowest BCUT2D eigenvalue weighted by atomic mass is 9.99. The van der Waals surface area contributed by atoms with Gasteiger partial charge in [0, 0.05) is 35.5 Å². The molecule has 6 heteroatoms. The number of nitrogens with zero attached hydrogens (tertiary/aromatic N) is 3. The van der Waals surface area contributed by atoms with Crippen molar-refractivity contribution in [2.45, 2.75) is 77.7 Å². The second kappa shape index (κ2) is 10.3. The van der Waals surface area contributed by atoms with Crippen LogP contribution >= 0.6 is 11.6 Å². The van der Waals surface area contributed by atoms with E-state index >= 15 is 0 Å². The number of rotatable bonds is 11. The van der Waals surface area contributed by atoms with Crippen molar-refractivity contribution in [3.05, 3.63) is 53.1 Å². The van der Waals surface area contributed by atoms with Gasteiger partial charge < -0.3 is 9.88 Å². The molecule has 1 aromatic heterocycles. The van der Waals surface area contributed by atoms with Crippen molar-refractivity contribution in [2.75, 3.05) is 5.32 Å². The summed E-state index contributed by atoms with van der Waals surface area (Å²) in [5, 5.41) is 12.7. The predicted molar refractivity (Wildman–Crippen MR) is 123 cm³/mol. The molecular weight excluding hydrogens is 396 g/mol. The Morgan fingerprint density at radius 2 is 2.13 bits per heavy atom. The Morgan fingerprint density at radius 3 is 2.80 bits per heavy atom. The van der Waals surface area contributed by atoms with Gasteiger partial charge in [0.05, 0.1) is 0 Å². The molecule has 0 saturated heterocycles. The maximum Gasteiger partial charge on any atom is 0.225 e. The molecule has 1 N–H and O–H groups in total. The van der Waals surface area contributed by atoms with Gasteiger partial charge in [-0.15, -0.1) is 16.8 Å². The van der Waals surface area contributed by atoms with E-state index in [2.05, 4.69) is 40.5 Å². The van der Waals surface area contributed by atoms with Gasteiger partial charge in [0.2, 0.25) is 5.91 Å². The highest BCUT2D eigenvalue weighted by atomic mass is 35.5. The van der Waals surface area contributed by atoms with Crippen molar-refractivity contribution in [2.24, 2.45) is 5.92 Å². The summed E-state index contributed by atoms with van der Waals surface area (Å²) in [6.45, 7) is 10.3. The summed E-state index contributed by atoms with van der Waals surface area (Å²) in [4.78, 5) is 12.8. The molecule has 1 amide bonds. The van der Waals surface area contributed by atoms with Crippen LogP contribution in [0, 0.1) is 12.8 Å². The zero-order chi connectivity index (χ0) is 21.7. The van der Waals surface area contributed by atoms with Crippen LogP contribution in [0.3, 0.4) is 0 Å². The zero-order valence-electron chi connectivity index (χ0n) is 18.3. The van der Waals surface area contributed by atoms with Gasteiger partial charge >= 0.3 is 0 Å². The number of allylic oxidation sites excluding steroid dienone is 1. The lowest BCUT2D eigenvalue weighted by Gasteiger charge is -2.18. The normalized spacial score (nSPS) is 14.7. The molecule has 0 aliphatic heterocycles. The van der Waals surface area contributed by atoms with Crippen molar-refractivity contribution >= 4 is 23.2 Å². The Morgan fingerprint density at radius 1 is 1.37 bits per heavy atom.